The van der Waals surface area contributed by atoms with Crippen molar-refractivity contribution in [3.8, 4) is 0 Å². The van der Waals surface area contributed by atoms with Crippen LogP contribution in [-0.2, 0) is 16.6 Å². The minimum Gasteiger partial charge on any atom is -0.337 e. The molecule has 3 rings (SSSR count). The van der Waals surface area contributed by atoms with Gasteiger partial charge in [0.25, 0.3) is 5.91 Å². The van der Waals surface area contributed by atoms with Gasteiger partial charge in [0.05, 0.1) is 11.6 Å². The smallest absolute Gasteiger partial charge is 0.253 e. The van der Waals surface area contributed by atoms with Gasteiger partial charge in [-0.25, -0.2) is 8.42 Å². The van der Waals surface area contributed by atoms with E-state index in [-0.39, 0.29) is 15.8 Å². The number of nitrogens with zero attached hydrogens (tertiary/aromatic N) is 2. The highest BCUT2D eigenvalue weighted by Gasteiger charge is 2.30. The van der Waals surface area contributed by atoms with Crippen molar-refractivity contribution in [1.29, 1.82) is 0 Å². The summed E-state index contributed by atoms with van der Waals surface area (Å²) in [6, 6.07) is 8.33. The first-order valence-corrected chi connectivity index (χ1v) is 10.7. The van der Waals surface area contributed by atoms with Crippen molar-refractivity contribution in [2.75, 3.05) is 20.1 Å². The Kier molecular flexibility index (Phi) is 5.48. The number of amides is 1. The zero-order valence-electron chi connectivity index (χ0n) is 13.8. The SMILES string of the molecule is CN(Cc1cccs1)C(=O)c1ccc(Cl)c(S(=O)(=O)N2CCCC2)c1. The second kappa shape index (κ2) is 7.45. The Bertz CT molecular complexity index is 860. The van der Waals surface area contributed by atoms with E-state index in [1.54, 1.807) is 29.4 Å². The monoisotopic (exact) mass is 398 g/mol. The molecule has 1 aliphatic rings. The van der Waals surface area contributed by atoms with Crippen LogP contribution in [0.2, 0.25) is 5.02 Å². The molecule has 1 saturated heterocycles. The van der Waals surface area contributed by atoms with E-state index < -0.39 is 10.0 Å². The van der Waals surface area contributed by atoms with Crippen LogP contribution in [0, 0.1) is 0 Å². The highest BCUT2D eigenvalue weighted by molar-refractivity contribution is 7.89. The van der Waals surface area contributed by atoms with Gasteiger partial charge in [-0.2, -0.15) is 4.31 Å². The molecule has 1 fully saturated rings. The summed E-state index contributed by atoms with van der Waals surface area (Å²) in [4.78, 5) is 15.3. The topological polar surface area (TPSA) is 57.7 Å². The van der Waals surface area contributed by atoms with Crippen LogP contribution < -0.4 is 0 Å². The Morgan fingerprint density at radius 3 is 2.64 bits per heavy atom. The summed E-state index contributed by atoms with van der Waals surface area (Å²) in [7, 11) is -1.97. The van der Waals surface area contributed by atoms with Gasteiger partial charge in [-0.1, -0.05) is 17.7 Å². The molecule has 0 radical (unpaired) electrons. The fourth-order valence-electron chi connectivity index (χ4n) is 2.83. The number of hydrogen-bond donors (Lipinski definition) is 0. The van der Waals surface area contributed by atoms with Crippen molar-refractivity contribution >= 4 is 38.9 Å². The van der Waals surface area contributed by atoms with Gasteiger partial charge in [-0.3, -0.25) is 4.79 Å². The van der Waals surface area contributed by atoms with Crippen molar-refractivity contribution in [3.63, 3.8) is 0 Å². The molecule has 1 aromatic heterocycles. The molecule has 0 aliphatic carbocycles. The third-order valence-electron chi connectivity index (χ3n) is 4.18. The quantitative estimate of drug-likeness (QED) is 0.774. The second-order valence-corrected chi connectivity index (χ2v) is 9.34. The van der Waals surface area contributed by atoms with Crippen LogP contribution in [0.1, 0.15) is 28.1 Å². The van der Waals surface area contributed by atoms with E-state index in [9.17, 15) is 13.2 Å². The zero-order chi connectivity index (χ0) is 18.0. The van der Waals surface area contributed by atoms with Crippen molar-refractivity contribution in [3.05, 3.63) is 51.2 Å². The Labute approximate surface area is 156 Å². The second-order valence-electron chi connectivity index (χ2n) is 6.00. The van der Waals surface area contributed by atoms with Gasteiger partial charge in [0.2, 0.25) is 10.0 Å². The molecule has 0 atom stereocenters. The molecule has 0 bridgehead atoms. The summed E-state index contributed by atoms with van der Waals surface area (Å²) in [5.41, 5.74) is 0.321. The van der Waals surface area contributed by atoms with Crippen molar-refractivity contribution in [2.24, 2.45) is 0 Å². The van der Waals surface area contributed by atoms with Crippen LogP contribution in [-0.4, -0.2) is 43.7 Å². The van der Waals surface area contributed by atoms with Crippen LogP contribution in [0.5, 0.6) is 0 Å². The first kappa shape index (κ1) is 18.4. The predicted octanol–water partition coefficient (Wildman–Crippen LogP) is 3.46. The third-order valence-corrected chi connectivity index (χ3v) is 7.42. The molecular weight excluding hydrogens is 380 g/mol. The summed E-state index contributed by atoms with van der Waals surface area (Å²) < 4.78 is 27.0. The summed E-state index contributed by atoms with van der Waals surface area (Å²) in [6.07, 6.45) is 1.69. The Morgan fingerprint density at radius 1 is 1.28 bits per heavy atom. The maximum atomic E-state index is 12.8. The molecule has 25 heavy (non-hydrogen) atoms. The Hall–Kier alpha value is -1.41. The number of carbonyl (C=O) groups excluding carboxylic acids is 1. The summed E-state index contributed by atoms with van der Waals surface area (Å²) in [5, 5.41) is 2.10. The van der Waals surface area contributed by atoms with E-state index in [1.807, 2.05) is 17.5 Å². The molecule has 134 valence electrons. The van der Waals surface area contributed by atoms with E-state index in [0.29, 0.717) is 25.2 Å². The van der Waals surface area contributed by atoms with Crippen LogP contribution in [0.3, 0.4) is 0 Å². The molecule has 0 saturated carbocycles. The minimum atomic E-state index is -3.67. The molecule has 0 spiro atoms. The highest BCUT2D eigenvalue weighted by atomic mass is 35.5. The zero-order valence-corrected chi connectivity index (χ0v) is 16.2. The lowest BCUT2D eigenvalue weighted by molar-refractivity contribution is 0.0786. The number of hydrogen-bond acceptors (Lipinski definition) is 4. The van der Waals surface area contributed by atoms with Crippen LogP contribution >= 0.6 is 22.9 Å². The summed E-state index contributed by atoms with van der Waals surface area (Å²) in [5.74, 6) is -0.233. The van der Waals surface area contributed by atoms with Crippen molar-refractivity contribution in [1.82, 2.24) is 9.21 Å². The van der Waals surface area contributed by atoms with Gasteiger partial charge < -0.3 is 4.90 Å². The van der Waals surface area contributed by atoms with E-state index in [0.717, 1.165) is 17.7 Å². The molecule has 2 heterocycles. The van der Waals surface area contributed by atoms with E-state index in [4.69, 9.17) is 11.6 Å². The minimum absolute atomic E-state index is 0.00596. The van der Waals surface area contributed by atoms with Crippen LogP contribution in [0.15, 0.2) is 40.6 Å². The fraction of sp³-hybridized carbons (Fsp3) is 0.353. The van der Waals surface area contributed by atoms with E-state index in [1.165, 1.54) is 16.4 Å². The third kappa shape index (κ3) is 3.89. The highest BCUT2D eigenvalue weighted by Crippen LogP contribution is 2.28. The van der Waals surface area contributed by atoms with Gasteiger partial charge in [0.1, 0.15) is 4.90 Å². The average molecular weight is 399 g/mol. The molecule has 0 unspecified atom stereocenters. The Morgan fingerprint density at radius 2 is 2.00 bits per heavy atom. The number of rotatable bonds is 5. The maximum Gasteiger partial charge on any atom is 0.253 e. The van der Waals surface area contributed by atoms with Gasteiger partial charge >= 0.3 is 0 Å². The van der Waals surface area contributed by atoms with E-state index >= 15 is 0 Å². The van der Waals surface area contributed by atoms with Crippen molar-refractivity contribution in [2.45, 2.75) is 24.3 Å². The van der Waals surface area contributed by atoms with Gasteiger partial charge in [-0.15, -0.1) is 11.3 Å². The lowest BCUT2D eigenvalue weighted by Gasteiger charge is -2.19. The molecule has 8 heteroatoms. The van der Waals surface area contributed by atoms with Crippen LogP contribution in [0.4, 0.5) is 0 Å². The number of benzene rings is 1. The molecule has 5 nitrogen and oxygen atoms in total. The summed E-state index contributed by atoms with van der Waals surface area (Å²) >= 11 is 7.70. The largest absolute Gasteiger partial charge is 0.337 e. The summed E-state index contributed by atoms with van der Waals surface area (Å²) in [6.45, 7) is 1.47. The first-order valence-electron chi connectivity index (χ1n) is 7.97. The molecule has 2 aromatic rings. The van der Waals surface area contributed by atoms with E-state index in [2.05, 4.69) is 0 Å². The normalized spacial score (nSPS) is 15.4. The molecule has 1 aliphatic heterocycles. The average Bonchev–Trinajstić information content (AvgIpc) is 3.28. The maximum absolute atomic E-state index is 12.8. The molecule has 1 aromatic carbocycles. The number of carbonyl (C=O) groups is 1. The number of thiophene rings is 1. The van der Waals surface area contributed by atoms with Gasteiger partial charge in [0.15, 0.2) is 0 Å². The van der Waals surface area contributed by atoms with Crippen LogP contribution in [0.25, 0.3) is 0 Å². The standard InChI is InChI=1S/C17H19ClN2O3S2/c1-19(12-14-5-4-10-24-14)17(21)13-6-7-15(18)16(11-13)25(22,23)20-8-2-3-9-20/h4-7,10-11H,2-3,8-9,12H2,1H3. The number of sulfonamides is 1. The van der Waals surface area contributed by atoms with Crippen molar-refractivity contribution < 1.29 is 13.2 Å². The predicted molar refractivity (Wildman–Crippen MR) is 99.6 cm³/mol. The molecule has 1 amide bonds. The lowest BCUT2D eigenvalue weighted by atomic mass is 10.2. The molecule has 0 N–H and O–H groups in total. The fourth-order valence-corrected chi connectivity index (χ4v) is 5.60. The Balaban J connectivity index is 1.87. The van der Waals surface area contributed by atoms with Gasteiger partial charge in [0, 0.05) is 30.6 Å². The lowest BCUT2D eigenvalue weighted by Crippen LogP contribution is -2.29. The molecular formula is C17H19ClN2O3S2. The van der Waals surface area contributed by atoms with Gasteiger partial charge in [-0.05, 0) is 42.5 Å². The number of halogens is 1. The first-order chi connectivity index (χ1) is 11.9.